The lowest BCUT2D eigenvalue weighted by molar-refractivity contribution is 0.273. The topological polar surface area (TPSA) is 25.4 Å². The number of anilines is 1. The molecule has 0 amide bonds. The van der Waals surface area contributed by atoms with Crippen LogP contribution in [-0.2, 0) is 0 Å². The van der Waals surface area contributed by atoms with E-state index in [-0.39, 0.29) is 6.61 Å². The fraction of sp³-hybridized carbons (Fsp3) is 0.160. The molecule has 3 nitrogen and oxygen atoms in total. The van der Waals surface area contributed by atoms with Gasteiger partial charge in [-0.1, -0.05) is 48.6 Å². The Bertz CT molecular complexity index is 1150. The normalized spacial score (nSPS) is 11.3. The summed E-state index contributed by atoms with van der Waals surface area (Å²) in [6.45, 7) is -0.431. The average Bonchev–Trinajstić information content (AvgIpc) is 3.20. The molecule has 0 saturated carbocycles. The Morgan fingerprint density at radius 2 is 1.60 bits per heavy atom. The van der Waals surface area contributed by atoms with Crippen LogP contribution in [0.5, 0.6) is 5.75 Å². The minimum Gasteiger partial charge on any atom is -0.491 e. The minimum atomic E-state index is -0.497. The summed E-state index contributed by atoms with van der Waals surface area (Å²) in [6.07, 6.45) is 4.23. The number of ether oxygens (including phenoxy) is 1. The molecule has 0 aliphatic heterocycles. The van der Waals surface area contributed by atoms with Crippen LogP contribution in [-0.4, -0.2) is 32.4 Å². The van der Waals surface area contributed by atoms with Crippen molar-refractivity contribution in [3.05, 3.63) is 77.9 Å². The van der Waals surface area contributed by atoms with E-state index in [4.69, 9.17) is 9.72 Å². The van der Waals surface area contributed by atoms with E-state index in [0.29, 0.717) is 5.75 Å². The van der Waals surface area contributed by atoms with Gasteiger partial charge in [-0.2, -0.15) is 0 Å². The quantitative estimate of drug-likeness (QED) is 0.318. The maximum Gasteiger partial charge on any atom is 0.124 e. The molecular formula is C25H23FN2OS. The molecule has 0 saturated heterocycles. The van der Waals surface area contributed by atoms with Gasteiger partial charge in [0.2, 0.25) is 0 Å². The van der Waals surface area contributed by atoms with Gasteiger partial charge in [-0.05, 0) is 35.4 Å². The minimum absolute atomic E-state index is 0.0667. The van der Waals surface area contributed by atoms with Crippen LogP contribution in [0.15, 0.2) is 66.7 Å². The number of halogens is 1. The zero-order valence-electron chi connectivity index (χ0n) is 17.0. The fourth-order valence-corrected chi connectivity index (χ4v) is 4.04. The molecule has 4 aromatic rings. The molecule has 152 valence electrons. The Morgan fingerprint density at radius 1 is 0.933 bits per heavy atom. The van der Waals surface area contributed by atoms with Crippen LogP contribution in [0.2, 0.25) is 0 Å². The predicted octanol–water partition coefficient (Wildman–Crippen LogP) is 6.55. The molecule has 0 aliphatic rings. The van der Waals surface area contributed by atoms with Crippen molar-refractivity contribution in [3.8, 4) is 16.3 Å². The van der Waals surface area contributed by atoms with Gasteiger partial charge in [-0.3, -0.25) is 0 Å². The molecule has 30 heavy (non-hydrogen) atoms. The third kappa shape index (κ3) is 4.69. The van der Waals surface area contributed by atoms with Crippen molar-refractivity contribution in [2.75, 3.05) is 32.3 Å². The molecule has 0 spiro atoms. The first-order chi connectivity index (χ1) is 14.6. The molecule has 0 radical (unpaired) electrons. The van der Waals surface area contributed by atoms with Gasteiger partial charge in [0.05, 0.1) is 10.2 Å². The maximum atomic E-state index is 12.3. The van der Waals surface area contributed by atoms with Gasteiger partial charge in [0.25, 0.3) is 0 Å². The second kappa shape index (κ2) is 9.09. The van der Waals surface area contributed by atoms with Gasteiger partial charge in [-0.15, -0.1) is 11.3 Å². The van der Waals surface area contributed by atoms with E-state index in [0.717, 1.165) is 26.4 Å². The Balaban J connectivity index is 1.48. The Kier molecular flexibility index (Phi) is 6.10. The van der Waals surface area contributed by atoms with Crippen LogP contribution in [0.3, 0.4) is 0 Å². The van der Waals surface area contributed by atoms with Gasteiger partial charge in [0.1, 0.15) is 24.0 Å². The molecule has 0 N–H and O–H groups in total. The van der Waals surface area contributed by atoms with Crippen LogP contribution in [0.4, 0.5) is 10.1 Å². The summed E-state index contributed by atoms with van der Waals surface area (Å²) < 4.78 is 18.7. The van der Waals surface area contributed by atoms with E-state index >= 15 is 0 Å². The van der Waals surface area contributed by atoms with Gasteiger partial charge in [-0.25, -0.2) is 9.37 Å². The maximum absolute atomic E-state index is 12.3. The highest BCUT2D eigenvalue weighted by Crippen LogP contribution is 2.32. The first kappa shape index (κ1) is 20.1. The summed E-state index contributed by atoms with van der Waals surface area (Å²) in [5.41, 5.74) is 5.44. The third-order valence-corrected chi connectivity index (χ3v) is 5.83. The molecule has 1 aromatic heterocycles. The second-order valence-electron chi connectivity index (χ2n) is 7.13. The summed E-state index contributed by atoms with van der Waals surface area (Å²) >= 11 is 1.64. The van der Waals surface area contributed by atoms with E-state index < -0.39 is 6.67 Å². The fourth-order valence-electron chi connectivity index (χ4n) is 3.09. The van der Waals surface area contributed by atoms with Gasteiger partial charge in [0, 0.05) is 31.4 Å². The number of fused-ring (bicyclic) bond motifs is 1. The summed E-state index contributed by atoms with van der Waals surface area (Å²) in [4.78, 5) is 6.81. The number of hydrogen-bond acceptors (Lipinski definition) is 4. The van der Waals surface area contributed by atoms with Crippen molar-refractivity contribution in [2.45, 2.75) is 0 Å². The number of hydrogen-bond donors (Lipinski definition) is 0. The first-order valence-electron chi connectivity index (χ1n) is 9.78. The van der Waals surface area contributed by atoms with Crippen LogP contribution in [0.25, 0.3) is 32.9 Å². The highest BCUT2D eigenvalue weighted by molar-refractivity contribution is 7.21. The van der Waals surface area contributed by atoms with Crippen molar-refractivity contribution >= 4 is 39.4 Å². The van der Waals surface area contributed by atoms with Crippen molar-refractivity contribution in [1.82, 2.24) is 4.98 Å². The van der Waals surface area contributed by atoms with E-state index in [1.165, 1.54) is 11.3 Å². The first-order valence-corrected chi connectivity index (χ1v) is 10.6. The highest BCUT2D eigenvalue weighted by atomic mass is 32.1. The molecule has 0 unspecified atom stereocenters. The largest absolute Gasteiger partial charge is 0.491 e. The van der Waals surface area contributed by atoms with E-state index in [1.54, 1.807) is 11.3 Å². The van der Waals surface area contributed by atoms with E-state index in [9.17, 15) is 4.39 Å². The molecule has 4 rings (SSSR count). The third-order valence-electron chi connectivity index (χ3n) is 4.74. The SMILES string of the molecule is CN(C)c1ccc(/C=C/c2ccc(-c3nc4cc(OCCF)ccc4s3)cc2)cc1. The molecule has 5 heteroatoms. The molecule has 0 atom stereocenters. The number of alkyl halides is 1. The lowest BCUT2D eigenvalue weighted by Crippen LogP contribution is -2.07. The van der Waals surface area contributed by atoms with Crippen LogP contribution >= 0.6 is 11.3 Å². The van der Waals surface area contributed by atoms with Crippen molar-refractivity contribution in [1.29, 1.82) is 0 Å². The van der Waals surface area contributed by atoms with Crippen molar-refractivity contribution < 1.29 is 9.13 Å². The molecule has 0 aliphatic carbocycles. The lowest BCUT2D eigenvalue weighted by Gasteiger charge is -2.11. The zero-order valence-corrected chi connectivity index (χ0v) is 17.8. The molecule has 0 bridgehead atoms. The second-order valence-corrected chi connectivity index (χ2v) is 8.16. The Labute approximate surface area is 180 Å². The zero-order chi connectivity index (χ0) is 20.9. The number of thiazole rings is 1. The average molecular weight is 419 g/mol. The summed E-state index contributed by atoms with van der Waals surface area (Å²) in [6, 6.07) is 22.5. The van der Waals surface area contributed by atoms with Gasteiger partial charge < -0.3 is 9.64 Å². The van der Waals surface area contributed by atoms with Crippen LogP contribution in [0, 0.1) is 0 Å². The van der Waals surface area contributed by atoms with Gasteiger partial charge >= 0.3 is 0 Å². The Morgan fingerprint density at radius 3 is 2.23 bits per heavy atom. The summed E-state index contributed by atoms with van der Waals surface area (Å²) in [5.74, 6) is 0.649. The predicted molar refractivity (Wildman–Crippen MR) is 126 cm³/mol. The standard InChI is InChI=1S/C25H23FN2OS/c1-28(2)21-11-7-19(8-12-21)4-3-18-5-9-20(10-6-18)25-27-23-17-22(29-16-15-26)13-14-24(23)30-25/h3-14,17H,15-16H2,1-2H3/b4-3+. The molecule has 1 heterocycles. The molecule has 3 aromatic carbocycles. The monoisotopic (exact) mass is 418 g/mol. The van der Waals surface area contributed by atoms with Crippen molar-refractivity contribution in [3.63, 3.8) is 0 Å². The van der Waals surface area contributed by atoms with Gasteiger partial charge in [0.15, 0.2) is 0 Å². The number of nitrogens with zero attached hydrogens (tertiary/aromatic N) is 2. The summed E-state index contributed by atoms with van der Waals surface area (Å²) in [7, 11) is 4.08. The van der Waals surface area contributed by atoms with Crippen LogP contribution in [0.1, 0.15) is 11.1 Å². The number of rotatable bonds is 7. The number of aromatic nitrogens is 1. The van der Waals surface area contributed by atoms with Crippen LogP contribution < -0.4 is 9.64 Å². The van der Waals surface area contributed by atoms with E-state index in [1.807, 2.05) is 32.3 Å². The van der Waals surface area contributed by atoms with E-state index in [2.05, 4.69) is 65.6 Å². The molecule has 0 fully saturated rings. The summed E-state index contributed by atoms with van der Waals surface area (Å²) in [5, 5.41) is 0.961. The highest BCUT2D eigenvalue weighted by Gasteiger charge is 2.07. The lowest BCUT2D eigenvalue weighted by atomic mass is 10.1. The smallest absolute Gasteiger partial charge is 0.124 e. The molecular weight excluding hydrogens is 395 g/mol. The number of benzene rings is 3. The Hall–Kier alpha value is -3.18. The van der Waals surface area contributed by atoms with Crippen molar-refractivity contribution in [2.24, 2.45) is 0 Å².